The summed E-state index contributed by atoms with van der Waals surface area (Å²) in [5.41, 5.74) is 0.304. The van der Waals surface area contributed by atoms with Crippen LogP contribution in [0.5, 0.6) is 0 Å². The number of halogens is 1. The molecule has 0 unspecified atom stereocenters. The van der Waals surface area contributed by atoms with Gasteiger partial charge in [0.05, 0.1) is 6.10 Å². The summed E-state index contributed by atoms with van der Waals surface area (Å²) in [5, 5.41) is 2.78. The fourth-order valence-corrected chi connectivity index (χ4v) is 3.50. The molecule has 3 rings (SSSR count). The van der Waals surface area contributed by atoms with Crippen LogP contribution in [0.4, 0.5) is 0 Å². The predicted molar refractivity (Wildman–Crippen MR) is 74.0 cm³/mol. The molecule has 0 aromatic heterocycles. The molecule has 0 N–H and O–H groups in total. The Kier molecular flexibility index (Phi) is 2.87. The van der Waals surface area contributed by atoms with Crippen molar-refractivity contribution in [2.75, 3.05) is 7.11 Å². The largest absolute Gasteiger partial charge is 0.381 e. The number of benzene rings is 1. The molecule has 0 atom stereocenters. The maximum Gasteiger partial charge on any atom is 0.0572 e. The Morgan fingerprint density at radius 3 is 2.59 bits per heavy atom. The van der Waals surface area contributed by atoms with E-state index in [2.05, 4.69) is 46.3 Å². The van der Waals surface area contributed by atoms with E-state index in [4.69, 9.17) is 4.74 Å². The van der Waals surface area contributed by atoms with Crippen molar-refractivity contribution in [1.29, 1.82) is 0 Å². The van der Waals surface area contributed by atoms with Crippen molar-refractivity contribution in [3.63, 3.8) is 0 Å². The zero-order valence-electron chi connectivity index (χ0n) is 10.1. The van der Waals surface area contributed by atoms with E-state index in [1.54, 1.807) is 0 Å². The average molecular weight is 293 g/mol. The maximum absolute atomic E-state index is 5.45. The van der Waals surface area contributed by atoms with Crippen LogP contribution in [-0.2, 0) is 4.74 Å². The summed E-state index contributed by atoms with van der Waals surface area (Å²) in [6.07, 6.45) is 10.2. The molecule has 0 radical (unpaired) electrons. The lowest BCUT2D eigenvalue weighted by Gasteiger charge is -2.34. The smallest absolute Gasteiger partial charge is 0.0572 e. The highest BCUT2D eigenvalue weighted by Crippen LogP contribution is 2.41. The zero-order chi connectivity index (χ0) is 11.9. The van der Waals surface area contributed by atoms with Gasteiger partial charge in [-0.25, -0.2) is 0 Å². The second-order valence-electron chi connectivity index (χ2n) is 5.23. The Hall–Kier alpha value is -0.600. The lowest BCUT2D eigenvalue weighted by molar-refractivity contribution is 0.0564. The molecule has 90 valence electrons. The molecule has 1 spiro atoms. The summed E-state index contributed by atoms with van der Waals surface area (Å²) < 4.78 is 6.62. The van der Waals surface area contributed by atoms with Gasteiger partial charge in [-0.05, 0) is 48.3 Å². The fourth-order valence-electron chi connectivity index (χ4n) is 3.12. The van der Waals surface area contributed by atoms with Gasteiger partial charge in [0.15, 0.2) is 0 Å². The predicted octanol–water partition coefficient (Wildman–Crippen LogP) is 2.60. The van der Waals surface area contributed by atoms with Gasteiger partial charge in [0.25, 0.3) is 0 Å². The lowest BCUT2D eigenvalue weighted by Crippen LogP contribution is -2.26. The van der Waals surface area contributed by atoms with Crippen LogP contribution in [0.3, 0.4) is 0 Å². The molecule has 0 heterocycles. The number of fused-ring (bicyclic) bond motifs is 1. The second-order valence-corrected chi connectivity index (χ2v) is 6.15. The summed E-state index contributed by atoms with van der Waals surface area (Å²) in [4.78, 5) is 0. The SMILES string of the molecule is COC1CCC2(C=c3ccc(Br)cc3=C2)CC1. The number of ether oxygens (including phenoxy) is 1. The van der Waals surface area contributed by atoms with Crippen molar-refractivity contribution in [2.45, 2.75) is 31.8 Å². The summed E-state index contributed by atoms with van der Waals surface area (Å²) in [6, 6.07) is 6.57. The Labute approximate surface area is 110 Å². The molecule has 2 heteroatoms. The van der Waals surface area contributed by atoms with Crippen molar-refractivity contribution < 1.29 is 4.74 Å². The summed E-state index contributed by atoms with van der Waals surface area (Å²) in [6.45, 7) is 0. The Morgan fingerprint density at radius 1 is 1.18 bits per heavy atom. The monoisotopic (exact) mass is 292 g/mol. The van der Waals surface area contributed by atoms with Crippen LogP contribution in [-0.4, -0.2) is 13.2 Å². The molecule has 17 heavy (non-hydrogen) atoms. The van der Waals surface area contributed by atoms with Crippen molar-refractivity contribution in [3.05, 3.63) is 33.1 Å². The zero-order valence-corrected chi connectivity index (χ0v) is 11.7. The first-order valence-corrected chi connectivity index (χ1v) is 7.04. The molecule has 0 aliphatic heterocycles. The minimum atomic E-state index is 0.304. The molecule has 1 aromatic carbocycles. The van der Waals surface area contributed by atoms with Crippen molar-refractivity contribution in [2.24, 2.45) is 5.41 Å². The van der Waals surface area contributed by atoms with E-state index in [0.29, 0.717) is 11.5 Å². The minimum absolute atomic E-state index is 0.304. The van der Waals surface area contributed by atoms with Crippen LogP contribution in [0.2, 0.25) is 0 Å². The van der Waals surface area contributed by atoms with Gasteiger partial charge in [-0.15, -0.1) is 0 Å². The highest BCUT2D eigenvalue weighted by atomic mass is 79.9. The van der Waals surface area contributed by atoms with Crippen LogP contribution in [0.15, 0.2) is 22.7 Å². The summed E-state index contributed by atoms with van der Waals surface area (Å²) in [5.74, 6) is 0. The van der Waals surface area contributed by atoms with Gasteiger partial charge in [-0.1, -0.05) is 34.1 Å². The Bertz CT molecular complexity index is 539. The molecule has 0 saturated heterocycles. The lowest BCUT2D eigenvalue weighted by atomic mass is 9.74. The molecule has 0 amide bonds. The van der Waals surface area contributed by atoms with Crippen molar-refractivity contribution in [1.82, 2.24) is 0 Å². The van der Waals surface area contributed by atoms with Gasteiger partial charge in [0.2, 0.25) is 0 Å². The fraction of sp³-hybridized carbons (Fsp3) is 0.467. The van der Waals surface area contributed by atoms with E-state index >= 15 is 0 Å². The Morgan fingerprint density at radius 2 is 1.88 bits per heavy atom. The van der Waals surface area contributed by atoms with Gasteiger partial charge in [-0.3, -0.25) is 0 Å². The van der Waals surface area contributed by atoms with Crippen molar-refractivity contribution >= 4 is 28.1 Å². The van der Waals surface area contributed by atoms with E-state index in [1.807, 2.05) is 7.11 Å². The Balaban J connectivity index is 1.93. The standard InChI is InChI=1S/C15H17BrO/c1-17-14-4-6-15(7-5-14)9-11-2-3-13(16)8-12(11)10-15/h2-3,8-10,14H,4-7H2,1H3. The van der Waals surface area contributed by atoms with Crippen LogP contribution in [0.25, 0.3) is 12.2 Å². The van der Waals surface area contributed by atoms with E-state index < -0.39 is 0 Å². The number of rotatable bonds is 1. The third-order valence-electron chi connectivity index (χ3n) is 4.13. The molecule has 0 bridgehead atoms. The van der Waals surface area contributed by atoms with E-state index in [-0.39, 0.29) is 0 Å². The topological polar surface area (TPSA) is 9.23 Å². The first-order chi connectivity index (χ1) is 8.21. The minimum Gasteiger partial charge on any atom is -0.381 e. The van der Waals surface area contributed by atoms with Crippen molar-refractivity contribution in [3.8, 4) is 0 Å². The first-order valence-electron chi connectivity index (χ1n) is 6.25. The van der Waals surface area contributed by atoms with Crippen LogP contribution in [0, 0.1) is 5.41 Å². The van der Waals surface area contributed by atoms with E-state index in [1.165, 1.54) is 40.6 Å². The van der Waals surface area contributed by atoms with Gasteiger partial charge in [0, 0.05) is 17.0 Å². The molecule has 1 aromatic rings. The van der Waals surface area contributed by atoms with Gasteiger partial charge in [0.1, 0.15) is 0 Å². The molecule has 1 fully saturated rings. The van der Waals surface area contributed by atoms with Crippen LogP contribution >= 0.6 is 15.9 Å². The molecule has 1 nitrogen and oxygen atoms in total. The highest BCUT2D eigenvalue weighted by Gasteiger charge is 2.33. The first kappa shape index (κ1) is 11.5. The van der Waals surface area contributed by atoms with E-state index in [9.17, 15) is 0 Å². The maximum atomic E-state index is 5.45. The summed E-state index contributed by atoms with van der Waals surface area (Å²) >= 11 is 3.54. The number of methoxy groups -OCH3 is 1. The van der Waals surface area contributed by atoms with Crippen LogP contribution in [0.1, 0.15) is 25.7 Å². The number of hydrogen-bond acceptors (Lipinski definition) is 1. The molecule has 2 aliphatic carbocycles. The third-order valence-corrected chi connectivity index (χ3v) is 4.62. The molecule has 2 aliphatic rings. The quantitative estimate of drug-likeness (QED) is 0.773. The highest BCUT2D eigenvalue weighted by molar-refractivity contribution is 9.10. The normalized spacial score (nSPS) is 30.8. The van der Waals surface area contributed by atoms with Gasteiger partial charge >= 0.3 is 0 Å². The van der Waals surface area contributed by atoms with Crippen LogP contribution < -0.4 is 10.4 Å². The second kappa shape index (κ2) is 4.25. The third kappa shape index (κ3) is 2.09. The molecular formula is C15H17BrO. The van der Waals surface area contributed by atoms with Gasteiger partial charge < -0.3 is 4.74 Å². The number of hydrogen-bond donors (Lipinski definition) is 0. The molecular weight excluding hydrogens is 276 g/mol. The summed E-state index contributed by atoms with van der Waals surface area (Å²) in [7, 11) is 1.83. The van der Waals surface area contributed by atoms with Gasteiger partial charge in [-0.2, -0.15) is 0 Å². The van der Waals surface area contributed by atoms with E-state index in [0.717, 1.165) is 0 Å². The average Bonchev–Trinajstić information content (AvgIpc) is 2.67. The molecule has 1 saturated carbocycles.